The van der Waals surface area contributed by atoms with Crippen LogP contribution >= 0.6 is 0 Å². The molecular weight excluding hydrogens is 306 g/mol. The lowest BCUT2D eigenvalue weighted by Gasteiger charge is -2.08. The summed E-state index contributed by atoms with van der Waals surface area (Å²) >= 11 is 0. The molecule has 4 rings (SSSR count). The molecule has 2 N–H and O–H groups in total. The van der Waals surface area contributed by atoms with Gasteiger partial charge in [-0.05, 0) is 43.7 Å². The minimum atomic E-state index is -0.187. The normalized spacial score (nSPS) is 16.7. The van der Waals surface area contributed by atoms with E-state index in [1.807, 2.05) is 0 Å². The third-order valence-electron chi connectivity index (χ3n) is 4.42. The van der Waals surface area contributed by atoms with Crippen LogP contribution in [0.2, 0.25) is 0 Å². The lowest BCUT2D eigenvalue weighted by Crippen LogP contribution is -2.18. The molecule has 2 heterocycles. The number of hydrogen-bond acceptors (Lipinski definition) is 4. The van der Waals surface area contributed by atoms with Crippen LogP contribution in [0.25, 0.3) is 0 Å². The van der Waals surface area contributed by atoms with Crippen molar-refractivity contribution >= 4 is 23.3 Å². The van der Waals surface area contributed by atoms with E-state index in [2.05, 4.69) is 20.7 Å². The molecule has 0 atom stereocenters. The zero-order valence-electron chi connectivity index (χ0n) is 13.5. The van der Waals surface area contributed by atoms with Gasteiger partial charge in [0.25, 0.3) is 5.91 Å². The van der Waals surface area contributed by atoms with Gasteiger partial charge in [-0.1, -0.05) is 0 Å². The van der Waals surface area contributed by atoms with Crippen molar-refractivity contribution in [2.24, 2.45) is 13.0 Å². The summed E-state index contributed by atoms with van der Waals surface area (Å²) in [5, 5.41) is 9.83. The number of carbonyl (C=O) groups is 2. The molecule has 2 aliphatic carbocycles. The van der Waals surface area contributed by atoms with Crippen molar-refractivity contribution in [3.8, 4) is 0 Å². The molecule has 2 aromatic heterocycles. The van der Waals surface area contributed by atoms with Crippen molar-refractivity contribution in [1.82, 2.24) is 14.8 Å². The lowest BCUT2D eigenvalue weighted by molar-refractivity contribution is -0.117. The number of anilines is 2. The fourth-order valence-corrected chi connectivity index (χ4v) is 2.73. The van der Waals surface area contributed by atoms with Gasteiger partial charge in [-0.2, -0.15) is 5.10 Å². The Morgan fingerprint density at radius 2 is 1.92 bits per heavy atom. The van der Waals surface area contributed by atoms with E-state index in [4.69, 9.17) is 0 Å². The highest BCUT2D eigenvalue weighted by Crippen LogP contribution is 2.41. The van der Waals surface area contributed by atoms with Crippen LogP contribution in [-0.4, -0.2) is 26.6 Å². The average Bonchev–Trinajstić information content (AvgIpc) is 3.46. The highest BCUT2D eigenvalue weighted by molar-refractivity contribution is 6.04. The molecule has 0 spiro atoms. The van der Waals surface area contributed by atoms with E-state index >= 15 is 0 Å². The second-order valence-corrected chi connectivity index (χ2v) is 6.50. The second-order valence-electron chi connectivity index (χ2n) is 6.50. The molecule has 0 unspecified atom stereocenters. The van der Waals surface area contributed by atoms with E-state index in [9.17, 15) is 9.59 Å². The maximum Gasteiger partial charge on any atom is 0.274 e. The van der Waals surface area contributed by atoms with E-state index in [1.165, 1.54) is 0 Å². The minimum Gasteiger partial charge on any atom is -0.319 e. The van der Waals surface area contributed by atoms with Crippen LogP contribution in [0.5, 0.6) is 0 Å². The number of nitrogens with one attached hydrogen (secondary N) is 2. The molecule has 0 bridgehead atoms. The molecule has 7 heteroatoms. The number of rotatable bonds is 5. The van der Waals surface area contributed by atoms with Crippen LogP contribution in [0.15, 0.2) is 24.5 Å². The Labute approximate surface area is 139 Å². The zero-order chi connectivity index (χ0) is 16.7. The van der Waals surface area contributed by atoms with Crippen LogP contribution in [0.4, 0.5) is 11.5 Å². The molecule has 2 amide bonds. The first-order chi connectivity index (χ1) is 11.6. The van der Waals surface area contributed by atoms with E-state index < -0.39 is 0 Å². The molecule has 0 aromatic carbocycles. The number of aryl methyl sites for hydroxylation is 1. The Kier molecular flexibility index (Phi) is 3.55. The minimum absolute atomic E-state index is 0.0169. The van der Waals surface area contributed by atoms with Gasteiger partial charge in [-0.25, -0.2) is 4.98 Å². The zero-order valence-corrected chi connectivity index (χ0v) is 13.5. The predicted octanol–water partition coefficient (Wildman–Crippen LogP) is 2.29. The number of aromatic nitrogens is 3. The first-order valence-corrected chi connectivity index (χ1v) is 8.22. The van der Waals surface area contributed by atoms with Crippen molar-refractivity contribution < 1.29 is 9.59 Å². The summed E-state index contributed by atoms with van der Waals surface area (Å²) in [6.07, 6.45) is 7.46. The molecule has 2 aliphatic rings. The maximum absolute atomic E-state index is 12.5. The fraction of sp³-hybridized carbons (Fsp3) is 0.412. The van der Waals surface area contributed by atoms with Gasteiger partial charge in [0.15, 0.2) is 0 Å². The molecule has 2 saturated carbocycles. The molecule has 0 radical (unpaired) electrons. The molecule has 7 nitrogen and oxygen atoms in total. The van der Waals surface area contributed by atoms with Gasteiger partial charge < -0.3 is 10.6 Å². The Balaban J connectivity index is 1.44. The number of carbonyl (C=O) groups excluding carboxylic acids is 2. The smallest absolute Gasteiger partial charge is 0.274 e. The molecule has 0 aliphatic heterocycles. The Hall–Kier alpha value is -2.70. The number of amides is 2. The van der Waals surface area contributed by atoms with E-state index in [1.54, 1.807) is 36.3 Å². The maximum atomic E-state index is 12.5. The lowest BCUT2D eigenvalue weighted by atomic mass is 10.1. The molecule has 2 aromatic rings. The van der Waals surface area contributed by atoms with Crippen LogP contribution in [-0.2, 0) is 11.8 Å². The van der Waals surface area contributed by atoms with Gasteiger partial charge in [-0.15, -0.1) is 0 Å². The van der Waals surface area contributed by atoms with Gasteiger partial charge in [0.05, 0.1) is 18.1 Å². The van der Waals surface area contributed by atoms with E-state index in [-0.39, 0.29) is 17.7 Å². The van der Waals surface area contributed by atoms with Gasteiger partial charge >= 0.3 is 0 Å². The second kappa shape index (κ2) is 5.74. The Morgan fingerprint density at radius 3 is 2.54 bits per heavy atom. The van der Waals surface area contributed by atoms with Gasteiger partial charge in [0.2, 0.25) is 5.91 Å². The van der Waals surface area contributed by atoms with Crippen molar-refractivity contribution in [2.75, 3.05) is 10.6 Å². The fourth-order valence-electron chi connectivity index (χ4n) is 2.73. The van der Waals surface area contributed by atoms with Crippen molar-refractivity contribution in [1.29, 1.82) is 0 Å². The third-order valence-corrected chi connectivity index (χ3v) is 4.42. The molecule has 124 valence electrons. The molecule has 0 saturated heterocycles. The third kappa shape index (κ3) is 3.02. The summed E-state index contributed by atoms with van der Waals surface area (Å²) in [5.41, 5.74) is 2.20. The standard InChI is InChI=1S/C17H19N5O2/c1-22-15(13(9-19-22)10-2-3-10)17(24)20-12-6-7-14(18-8-12)21-16(23)11-4-5-11/h6-11H,2-5H2,1H3,(H,20,24)(H,18,21,23). The van der Waals surface area contributed by atoms with Crippen molar-refractivity contribution in [3.63, 3.8) is 0 Å². The molecule has 2 fully saturated rings. The van der Waals surface area contributed by atoms with E-state index in [0.29, 0.717) is 23.1 Å². The molecule has 24 heavy (non-hydrogen) atoms. The van der Waals surface area contributed by atoms with Crippen LogP contribution in [0, 0.1) is 5.92 Å². The summed E-state index contributed by atoms with van der Waals surface area (Å²) < 4.78 is 1.61. The average molecular weight is 325 g/mol. The summed E-state index contributed by atoms with van der Waals surface area (Å²) in [6, 6.07) is 3.43. The van der Waals surface area contributed by atoms with Gasteiger partial charge in [0.1, 0.15) is 11.5 Å². The predicted molar refractivity (Wildman–Crippen MR) is 88.7 cm³/mol. The Bertz CT molecular complexity index is 788. The summed E-state index contributed by atoms with van der Waals surface area (Å²) in [7, 11) is 1.77. The monoisotopic (exact) mass is 325 g/mol. The van der Waals surface area contributed by atoms with Crippen molar-refractivity contribution in [3.05, 3.63) is 35.8 Å². The number of nitrogens with zero attached hydrogens (tertiary/aromatic N) is 3. The SMILES string of the molecule is Cn1ncc(C2CC2)c1C(=O)Nc1ccc(NC(=O)C2CC2)nc1. The number of pyridine rings is 1. The topological polar surface area (TPSA) is 88.9 Å². The first kappa shape index (κ1) is 14.9. The highest BCUT2D eigenvalue weighted by atomic mass is 16.2. The van der Waals surface area contributed by atoms with Crippen LogP contribution in [0.1, 0.15) is 47.7 Å². The first-order valence-electron chi connectivity index (χ1n) is 8.22. The largest absolute Gasteiger partial charge is 0.319 e. The van der Waals surface area contributed by atoms with E-state index in [0.717, 1.165) is 31.2 Å². The van der Waals surface area contributed by atoms with Gasteiger partial charge in [0, 0.05) is 18.5 Å². The quantitative estimate of drug-likeness (QED) is 0.883. The Morgan fingerprint density at radius 1 is 1.12 bits per heavy atom. The molecular formula is C17H19N5O2. The highest BCUT2D eigenvalue weighted by Gasteiger charge is 2.31. The van der Waals surface area contributed by atoms with Crippen LogP contribution in [0.3, 0.4) is 0 Å². The van der Waals surface area contributed by atoms with Gasteiger partial charge in [-0.3, -0.25) is 14.3 Å². The number of hydrogen-bond donors (Lipinski definition) is 2. The summed E-state index contributed by atoms with van der Waals surface area (Å²) in [4.78, 5) is 28.4. The van der Waals surface area contributed by atoms with Crippen molar-refractivity contribution in [2.45, 2.75) is 31.6 Å². The summed E-state index contributed by atoms with van der Waals surface area (Å²) in [5.74, 6) is 0.926. The summed E-state index contributed by atoms with van der Waals surface area (Å²) in [6.45, 7) is 0. The van der Waals surface area contributed by atoms with Crippen LogP contribution < -0.4 is 10.6 Å².